The van der Waals surface area contributed by atoms with Gasteiger partial charge in [0.25, 0.3) is 5.24 Å². The van der Waals surface area contributed by atoms with Gasteiger partial charge in [-0.1, -0.05) is 0 Å². The van der Waals surface area contributed by atoms with Crippen LogP contribution in [0.2, 0.25) is 0 Å². The van der Waals surface area contributed by atoms with Crippen LogP contribution in [0.3, 0.4) is 0 Å². The van der Waals surface area contributed by atoms with Gasteiger partial charge in [0.2, 0.25) is 0 Å². The maximum Gasteiger partial charge on any atom is 0.262 e. The minimum absolute atomic E-state index is 0.437. The molecule has 1 aromatic heterocycles. The number of carbonyl (C=O) groups is 1. The summed E-state index contributed by atoms with van der Waals surface area (Å²) >= 11 is 6.47. The SMILES string of the molecule is COc1csc(C(=O)Cl)c1. The molecule has 0 atom stereocenters. The van der Waals surface area contributed by atoms with Gasteiger partial charge >= 0.3 is 0 Å². The Morgan fingerprint density at radius 2 is 2.50 bits per heavy atom. The van der Waals surface area contributed by atoms with Crippen molar-refractivity contribution in [1.82, 2.24) is 0 Å². The van der Waals surface area contributed by atoms with E-state index in [4.69, 9.17) is 16.3 Å². The molecule has 4 heteroatoms. The van der Waals surface area contributed by atoms with Gasteiger partial charge in [0, 0.05) is 11.4 Å². The predicted molar refractivity (Wildman–Crippen MR) is 41.1 cm³/mol. The molecule has 10 heavy (non-hydrogen) atoms. The molecule has 0 spiro atoms. The van der Waals surface area contributed by atoms with Crippen LogP contribution in [0.5, 0.6) is 5.75 Å². The predicted octanol–water partition coefficient (Wildman–Crippen LogP) is 2.14. The average molecular weight is 177 g/mol. The quantitative estimate of drug-likeness (QED) is 0.646. The van der Waals surface area contributed by atoms with E-state index < -0.39 is 5.24 Å². The van der Waals surface area contributed by atoms with Gasteiger partial charge in [-0.3, -0.25) is 4.79 Å². The monoisotopic (exact) mass is 176 g/mol. The van der Waals surface area contributed by atoms with Crippen molar-refractivity contribution in [3.8, 4) is 5.75 Å². The van der Waals surface area contributed by atoms with Gasteiger partial charge in [-0.25, -0.2) is 0 Å². The van der Waals surface area contributed by atoms with Crippen LogP contribution in [0.4, 0.5) is 0 Å². The van der Waals surface area contributed by atoms with Crippen molar-refractivity contribution >= 4 is 28.2 Å². The fourth-order valence-corrected chi connectivity index (χ4v) is 1.40. The van der Waals surface area contributed by atoms with E-state index in [1.807, 2.05) is 0 Å². The minimum atomic E-state index is -0.437. The molecule has 0 saturated heterocycles. The van der Waals surface area contributed by atoms with E-state index in [0.29, 0.717) is 10.6 Å². The van der Waals surface area contributed by atoms with Gasteiger partial charge in [-0.15, -0.1) is 11.3 Å². The third-order valence-corrected chi connectivity index (χ3v) is 2.23. The Kier molecular flexibility index (Phi) is 2.29. The normalized spacial score (nSPS) is 9.40. The second kappa shape index (κ2) is 3.03. The first-order chi connectivity index (χ1) is 4.74. The van der Waals surface area contributed by atoms with Crippen molar-refractivity contribution in [2.75, 3.05) is 7.11 Å². The lowest BCUT2D eigenvalue weighted by Crippen LogP contribution is -1.81. The van der Waals surface area contributed by atoms with Crippen molar-refractivity contribution in [2.45, 2.75) is 0 Å². The highest BCUT2D eigenvalue weighted by Crippen LogP contribution is 2.22. The summed E-state index contributed by atoms with van der Waals surface area (Å²) in [4.78, 5) is 11.0. The van der Waals surface area contributed by atoms with Gasteiger partial charge in [-0.05, 0) is 11.6 Å². The molecular formula is C6H5ClO2S. The van der Waals surface area contributed by atoms with E-state index in [9.17, 15) is 4.79 Å². The smallest absolute Gasteiger partial charge is 0.262 e. The Morgan fingerprint density at radius 3 is 2.80 bits per heavy atom. The fourth-order valence-electron chi connectivity index (χ4n) is 0.529. The summed E-state index contributed by atoms with van der Waals surface area (Å²) in [5.41, 5.74) is 0. The van der Waals surface area contributed by atoms with Crippen LogP contribution < -0.4 is 4.74 Å². The van der Waals surface area contributed by atoms with Gasteiger partial charge in [0.1, 0.15) is 5.75 Å². The lowest BCUT2D eigenvalue weighted by molar-refractivity contribution is 0.108. The zero-order valence-corrected chi connectivity index (χ0v) is 6.83. The molecule has 54 valence electrons. The molecule has 0 unspecified atom stereocenters. The Labute approximate surface area is 67.4 Å². The maximum absolute atomic E-state index is 10.5. The van der Waals surface area contributed by atoms with Crippen LogP contribution in [0.1, 0.15) is 9.67 Å². The molecule has 1 rings (SSSR count). The fraction of sp³-hybridized carbons (Fsp3) is 0.167. The van der Waals surface area contributed by atoms with Crippen molar-refractivity contribution in [3.05, 3.63) is 16.3 Å². The van der Waals surface area contributed by atoms with E-state index in [1.54, 1.807) is 18.6 Å². The Balaban J connectivity index is 2.88. The Morgan fingerprint density at radius 1 is 1.80 bits per heavy atom. The molecule has 1 aromatic rings. The zero-order valence-electron chi connectivity index (χ0n) is 5.26. The Bertz CT molecular complexity index is 244. The van der Waals surface area contributed by atoms with E-state index in [1.165, 1.54) is 11.3 Å². The van der Waals surface area contributed by atoms with E-state index in [0.717, 1.165) is 0 Å². The van der Waals surface area contributed by atoms with Crippen LogP contribution in [-0.2, 0) is 0 Å². The summed E-state index contributed by atoms with van der Waals surface area (Å²) < 4.78 is 4.84. The molecule has 0 aromatic carbocycles. The lowest BCUT2D eigenvalue weighted by atomic mass is 10.5. The summed E-state index contributed by atoms with van der Waals surface area (Å²) in [7, 11) is 1.55. The van der Waals surface area contributed by atoms with Crippen LogP contribution in [0, 0.1) is 0 Å². The van der Waals surface area contributed by atoms with Crippen molar-refractivity contribution in [3.63, 3.8) is 0 Å². The average Bonchev–Trinajstić information content (AvgIpc) is 2.34. The first-order valence-electron chi connectivity index (χ1n) is 2.56. The standard InChI is InChI=1S/C6H5ClO2S/c1-9-4-2-5(6(7)8)10-3-4/h2-3H,1H3. The lowest BCUT2D eigenvalue weighted by Gasteiger charge is -1.88. The molecule has 0 radical (unpaired) electrons. The van der Waals surface area contributed by atoms with E-state index >= 15 is 0 Å². The highest BCUT2D eigenvalue weighted by atomic mass is 35.5. The number of methoxy groups -OCH3 is 1. The molecule has 0 fully saturated rings. The number of ether oxygens (including phenoxy) is 1. The van der Waals surface area contributed by atoms with Gasteiger partial charge in [0.05, 0.1) is 12.0 Å². The maximum atomic E-state index is 10.5. The van der Waals surface area contributed by atoms with Gasteiger partial charge in [-0.2, -0.15) is 0 Å². The third-order valence-electron chi connectivity index (χ3n) is 1.00. The largest absolute Gasteiger partial charge is 0.496 e. The summed E-state index contributed by atoms with van der Waals surface area (Å²) in [6.45, 7) is 0. The van der Waals surface area contributed by atoms with E-state index in [-0.39, 0.29) is 0 Å². The summed E-state index contributed by atoms with van der Waals surface area (Å²) in [6, 6.07) is 1.61. The van der Waals surface area contributed by atoms with Crippen molar-refractivity contribution in [1.29, 1.82) is 0 Å². The molecule has 0 saturated carbocycles. The molecule has 0 aliphatic carbocycles. The molecule has 0 aliphatic heterocycles. The van der Waals surface area contributed by atoms with Crippen LogP contribution >= 0.6 is 22.9 Å². The van der Waals surface area contributed by atoms with Crippen molar-refractivity contribution < 1.29 is 9.53 Å². The van der Waals surface area contributed by atoms with E-state index in [2.05, 4.69) is 0 Å². The zero-order chi connectivity index (χ0) is 7.56. The molecule has 0 aliphatic rings. The highest BCUT2D eigenvalue weighted by molar-refractivity contribution is 7.14. The summed E-state index contributed by atoms with van der Waals surface area (Å²) in [6.07, 6.45) is 0. The molecule has 0 N–H and O–H groups in total. The van der Waals surface area contributed by atoms with Gasteiger partial charge < -0.3 is 4.74 Å². The number of carbonyl (C=O) groups excluding carboxylic acids is 1. The molecule has 0 amide bonds. The third kappa shape index (κ3) is 1.49. The first-order valence-corrected chi connectivity index (χ1v) is 3.82. The topological polar surface area (TPSA) is 26.3 Å². The molecule has 1 heterocycles. The summed E-state index contributed by atoms with van der Waals surface area (Å²) in [5, 5.41) is 1.30. The van der Waals surface area contributed by atoms with Gasteiger partial charge in [0.15, 0.2) is 0 Å². The summed E-state index contributed by atoms with van der Waals surface area (Å²) in [5.74, 6) is 0.675. The van der Waals surface area contributed by atoms with Crippen molar-refractivity contribution in [2.24, 2.45) is 0 Å². The number of rotatable bonds is 2. The number of halogens is 1. The second-order valence-corrected chi connectivity index (χ2v) is 2.88. The molecular weight excluding hydrogens is 172 g/mol. The highest BCUT2D eigenvalue weighted by Gasteiger charge is 2.04. The molecule has 0 bridgehead atoms. The minimum Gasteiger partial charge on any atom is -0.496 e. The number of thiophene rings is 1. The number of hydrogen-bond acceptors (Lipinski definition) is 3. The van der Waals surface area contributed by atoms with Crippen LogP contribution in [0.25, 0.3) is 0 Å². The van der Waals surface area contributed by atoms with Crippen LogP contribution in [0.15, 0.2) is 11.4 Å². The first kappa shape index (κ1) is 7.57. The van der Waals surface area contributed by atoms with Crippen LogP contribution in [-0.4, -0.2) is 12.4 Å². The Hall–Kier alpha value is -0.540. The molecule has 2 nitrogen and oxygen atoms in total. The number of hydrogen-bond donors (Lipinski definition) is 0. The second-order valence-electron chi connectivity index (χ2n) is 1.62.